The van der Waals surface area contributed by atoms with E-state index in [2.05, 4.69) is 25.8 Å². The average Bonchev–Trinajstić information content (AvgIpc) is 3.57. The highest BCUT2D eigenvalue weighted by Gasteiger charge is 2.15. The van der Waals surface area contributed by atoms with Crippen molar-refractivity contribution in [3.05, 3.63) is 78.1 Å². The van der Waals surface area contributed by atoms with Crippen molar-refractivity contribution in [3.8, 4) is 28.7 Å². The Morgan fingerprint density at radius 3 is 2.91 bits per heavy atom. The quantitative estimate of drug-likeness (QED) is 0.251. The molecule has 0 saturated heterocycles. The monoisotopic (exact) mass is 474 g/mol. The fourth-order valence-electron chi connectivity index (χ4n) is 2.90. The van der Waals surface area contributed by atoms with Crippen LogP contribution in [0.1, 0.15) is 11.3 Å². The third-order valence-electron chi connectivity index (χ3n) is 4.42. The first-order valence-corrected chi connectivity index (χ1v) is 11.3. The first-order chi connectivity index (χ1) is 16.2. The van der Waals surface area contributed by atoms with Gasteiger partial charge in [-0.15, -0.1) is 11.3 Å². The summed E-state index contributed by atoms with van der Waals surface area (Å²) in [5.41, 5.74) is 8.97. The van der Waals surface area contributed by atoms with Crippen molar-refractivity contribution in [2.75, 3.05) is 11.8 Å². The van der Waals surface area contributed by atoms with Gasteiger partial charge in [0.25, 0.3) is 0 Å². The number of benzene rings is 1. The van der Waals surface area contributed by atoms with Crippen molar-refractivity contribution in [1.82, 2.24) is 9.97 Å². The third kappa shape index (κ3) is 5.23. The summed E-state index contributed by atoms with van der Waals surface area (Å²) >= 11 is 2.87. The Bertz CT molecular complexity index is 1330. The maximum Gasteiger partial charge on any atom is 0.192 e. The van der Waals surface area contributed by atoms with E-state index in [1.54, 1.807) is 50.3 Å². The molecule has 4 aromatic rings. The molecule has 3 heterocycles. The molecule has 0 radical (unpaired) electrons. The van der Waals surface area contributed by atoms with Gasteiger partial charge in [-0.1, -0.05) is 0 Å². The molecule has 0 spiro atoms. The van der Waals surface area contributed by atoms with Gasteiger partial charge in [0, 0.05) is 52.6 Å². The molecule has 8 nitrogen and oxygen atoms in total. The van der Waals surface area contributed by atoms with Gasteiger partial charge in [0.05, 0.1) is 30.0 Å². The molecule has 0 aliphatic rings. The largest absolute Gasteiger partial charge is 0.472 e. The Kier molecular flexibility index (Phi) is 7.04. The number of nitrogens with zero attached hydrogens (tertiary/aromatic N) is 4. The van der Waals surface area contributed by atoms with E-state index >= 15 is 0 Å². The topological polar surface area (TPSA) is 122 Å². The predicted molar refractivity (Wildman–Crippen MR) is 131 cm³/mol. The first-order valence-electron chi connectivity index (χ1n) is 9.63. The zero-order valence-electron chi connectivity index (χ0n) is 17.4. The van der Waals surface area contributed by atoms with Crippen LogP contribution >= 0.6 is 23.3 Å². The van der Waals surface area contributed by atoms with Crippen molar-refractivity contribution in [3.63, 3.8) is 0 Å². The van der Waals surface area contributed by atoms with Crippen LogP contribution in [0.3, 0.4) is 0 Å². The van der Waals surface area contributed by atoms with E-state index in [1.807, 2.05) is 23.6 Å². The summed E-state index contributed by atoms with van der Waals surface area (Å²) < 4.78 is 14.5. The number of nitrogens with one attached hydrogen (secondary N) is 1. The van der Waals surface area contributed by atoms with Crippen molar-refractivity contribution < 1.29 is 9.15 Å². The van der Waals surface area contributed by atoms with Crippen molar-refractivity contribution in [2.45, 2.75) is 4.90 Å². The first kappa shape index (κ1) is 22.1. The van der Waals surface area contributed by atoms with Gasteiger partial charge in [-0.25, -0.2) is 4.98 Å². The second kappa shape index (κ2) is 10.5. The highest BCUT2D eigenvalue weighted by atomic mass is 32.2. The summed E-state index contributed by atoms with van der Waals surface area (Å²) in [6.45, 7) is 0. The van der Waals surface area contributed by atoms with E-state index in [1.165, 1.54) is 29.5 Å². The molecule has 0 aliphatic heterocycles. The minimum Gasteiger partial charge on any atom is -0.472 e. The molecule has 10 heteroatoms. The molecule has 0 saturated carbocycles. The molecule has 0 atom stereocenters. The minimum absolute atomic E-state index is 0.392. The Hall–Kier alpha value is -4.07. The fourth-order valence-corrected chi connectivity index (χ4v) is 4.16. The van der Waals surface area contributed by atoms with E-state index in [4.69, 9.17) is 14.9 Å². The lowest BCUT2D eigenvalue weighted by Gasteiger charge is -2.13. The Morgan fingerprint density at radius 2 is 2.21 bits per heavy atom. The summed E-state index contributed by atoms with van der Waals surface area (Å²) in [4.78, 5) is 13.5. The minimum atomic E-state index is 0.392. The van der Waals surface area contributed by atoms with Gasteiger partial charge in [0.15, 0.2) is 10.9 Å². The number of aromatic nitrogens is 2. The van der Waals surface area contributed by atoms with Gasteiger partial charge in [0.2, 0.25) is 0 Å². The zero-order valence-corrected chi connectivity index (χ0v) is 19.1. The molecule has 3 N–H and O–H groups in total. The van der Waals surface area contributed by atoms with Crippen LogP contribution in [0.5, 0.6) is 11.5 Å². The second-order valence-corrected chi connectivity index (χ2v) is 8.27. The van der Waals surface area contributed by atoms with E-state index in [0.717, 1.165) is 21.2 Å². The van der Waals surface area contributed by atoms with E-state index < -0.39 is 0 Å². The van der Waals surface area contributed by atoms with Crippen LogP contribution in [0.2, 0.25) is 0 Å². The van der Waals surface area contributed by atoms with Crippen LogP contribution in [0.15, 0.2) is 81.1 Å². The zero-order chi connectivity index (χ0) is 23.0. The molecule has 0 fully saturated rings. The van der Waals surface area contributed by atoms with Crippen LogP contribution in [0.25, 0.3) is 16.7 Å². The number of allylic oxidation sites excluding steroid dienone is 1. The summed E-state index contributed by atoms with van der Waals surface area (Å²) in [5, 5.41) is 12.4. The van der Waals surface area contributed by atoms with Crippen LogP contribution in [-0.4, -0.2) is 23.2 Å². The van der Waals surface area contributed by atoms with Crippen LogP contribution in [0, 0.1) is 11.3 Å². The van der Waals surface area contributed by atoms with Gasteiger partial charge in [-0.2, -0.15) is 5.26 Å². The summed E-state index contributed by atoms with van der Waals surface area (Å²) in [6.07, 6.45) is 9.59. The van der Waals surface area contributed by atoms with Crippen molar-refractivity contribution in [2.24, 2.45) is 10.7 Å². The highest BCUT2D eigenvalue weighted by molar-refractivity contribution is 8.00. The second-order valence-electron chi connectivity index (χ2n) is 6.50. The Labute approximate surface area is 198 Å². The normalized spacial score (nSPS) is 11.5. The Balaban J connectivity index is 1.64. The maximum absolute atomic E-state index is 9.70. The fraction of sp³-hybridized carbons (Fsp3) is 0.0435. The van der Waals surface area contributed by atoms with E-state index in [0.29, 0.717) is 28.3 Å². The molecule has 33 heavy (non-hydrogen) atoms. The number of aliphatic imine (C=N–C) groups is 1. The molecular weight excluding hydrogens is 456 g/mol. The van der Waals surface area contributed by atoms with Gasteiger partial charge in [0.1, 0.15) is 11.8 Å². The molecule has 0 unspecified atom stereocenters. The number of nitrogens with two attached hydrogens (primary N) is 1. The van der Waals surface area contributed by atoms with Gasteiger partial charge < -0.3 is 19.6 Å². The number of anilines is 1. The molecule has 0 bridgehead atoms. The van der Waals surface area contributed by atoms with Crippen molar-refractivity contribution >= 4 is 40.2 Å². The molecule has 0 aliphatic carbocycles. The molecule has 164 valence electrons. The number of hydrogen-bond donors (Lipinski definition) is 2. The van der Waals surface area contributed by atoms with Crippen LogP contribution < -0.4 is 15.2 Å². The molecule has 3 aromatic heterocycles. The Morgan fingerprint density at radius 1 is 1.30 bits per heavy atom. The van der Waals surface area contributed by atoms with E-state index in [-0.39, 0.29) is 0 Å². The molecule has 1 aromatic carbocycles. The SMILES string of the molecule is CN=CC(=CN)c1cc(-c2ccoc2)c(Oc2ccc(SNc3nccs3)cc2C#N)cn1. The number of furan rings is 1. The summed E-state index contributed by atoms with van der Waals surface area (Å²) in [7, 11) is 1.66. The smallest absolute Gasteiger partial charge is 0.192 e. The third-order valence-corrected chi connectivity index (χ3v) is 6.03. The molecule has 4 rings (SSSR count). The lowest BCUT2D eigenvalue weighted by molar-refractivity contribution is 0.480. The van der Waals surface area contributed by atoms with Gasteiger partial charge in [-0.05, 0) is 42.3 Å². The highest BCUT2D eigenvalue weighted by Crippen LogP contribution is 2.36. The van der Waals surface area contributed by atoms with Gasteiger partial charge in [-0.3, -0.25) is 9.98 Å². The molecule has 0 amide bonds. The maximum atomic E-state index is 9.70. The van der Waals surface area contributed by atoms with Crippen LogP contribution in [-0.2, 0) is 0 Å². The average molecular weight is 475 g/mol. The summed E-state index contributed by atoms with van der Waals surface area (Å²) in [6, 6.07) is 11.2. The lowest BCUT2D eigenvalue weighted by Crippen LogP contribution is -1.98. The standard InChI is InChI=1S/C23H18N6O2S2/c1-26-12-17(11-25)20-9-19(15-4-6-30-14-15)22(13-28-20)31-21-3-2-18(8-16(21)10-24)33-29-23-27-5-7-32-23/h2-9,11-14H,25H2,1H3,(H,27,29). The van der Waals surface area contributed by atoms with Gasteiger partial charge >= 0.3 is 0 Å². The van der Waals surface area contributed by atoms with Crippen molar-refractivity contribution in [1.29, 1.82) is 5.26 Å². The van der Waals surface area contributed by atoms with Crippen LogP contribution in [0.4, 0.5) is 5.13 Å². The predicted octanol–water partition coefficient (Wildman–Crippen LogP) is 5.58. The lowest BCUT2D eigenvalue weighted by atomic mass is 10.1. The number of thiazole rings is 1. The number of pyridine rings is 1. The summed E-state index contributed by atoms with van der Waals surface area (Å²) in [5.74, 6) is 0.892. The molecular formula is C23H18N6O2S2. The number of nitriles is 1. The number of ether oxygens (including phenoxy) is 1. The number of hydrogen-bond acceptors (Lipinski definition) is 10. The van der Waals surface area contributed by atoms with E-state index in [9.17, 15) is 5.26 Å². The number of rotatable bonds is 8.